The number of carbonyl (C=O) groups is 1. The normalized spacial score (nSPS) is 15.6. The molecule has 0 fully saturated rings. The molecule has 1 rings (SSSR count). The summed E-state index contributed by atoms with van der Waals surface area (Å²) < 4.78 is 5.30. The van der Waals surface area contributed by atoms with E-state index in [-0.39, 0.29) is 12.6 Å². The third-order valence-corrected chi connectivity index (χ3v) is 3.84. The van der Waals surface area contributed by atoms with Crippen LogP contribution in [0.4, 0.5) is 0 Å². The molecule has 0 amide bonds. The Bertz CT molecular complexity index is 491. The van der Waals surface area contributed by atoms with Crippen LogP contribution in [0.1, 0.15) is 59.4 Å². The van der Waals surface area contributed by atoms with Gasteiger partial charge in [0.05, 0.1) is 0 Å². The zero-order chi connectivity index (χ0) is 18.2. The second-order valence-electron chi connectivity index (χ2n) is 7.67. The number of aryl methyl sites for hydroxylation is 1. The van der Waals surface area contributed by atoms with Crippen LogP contribution in [-0.4, -0.2) is 34.9 Å². The molecule has 0 bridgehead atoms. The lowest BCUT2D eigenvalue weighted by molar-refractivity contribution is -0.175. The minimum absolute atomic E-state index is 0.196. The highest BCUT2D eigenvalue weighted by atomic mass is 16.6. The molecule has 0 aromatic heterocycles. The maximum atomic E-state index is 12.1. The van der Waals surface area contributed by atoms with Crippen molar-refractivity contribution in [3.63, 3.8) is 0 Å². The van der Waals surface area contributed by atoms with Gasteiger partial charge < -0.3 is 15.2 Å². The van der Waals surface area contributed by atoms with Crippen LogP contribution in [0, 0.1) is 0 Å². The molecule has 0 heterocycles. The van der Waals surface area contributed by atoms with E-state index < -0.39 is 17.2 Å². The van der Waals surface area contributed by atoms with Gasteiger partial charge in [0, 0.05) is 12.6 Å². The number of hydrogen-bond acceptors (Lipinski definition) is 4. The molecule has 0 radical (unpaired) electrons. The van der Waals surface area contributed by atoms with Crippen LogP contribution < -0.4 is 5.32 Å². The molecule has 24 heavy (non-hydrogen) atoms. The zero-order valence-corrected chi connectivity index (χ0v) is 15.8. The fourth-order valence-corrected chi connectivity index (χ4v) is 2.49. The fraction of sp³-hybridized carbons (Fsp3) is 0.650. The van der Waals surface area contributed by atoms with E-state index in [0.29, 0.717) is 0 Å². The van der Waals surface area contributed by atoms with Gasteiger partial charge in [0.15, 0.2) is 5.60 Å². The third-order valence-electron chi connectivity index (χ3n) is 3.84. The van der Waals surface area contributed by atoms with E-state index in [4.69, 9.17) is 4.74 Å². The van der Waals surface area contributed by atoms with Crippen molar-refractivity contribution in [1.82, 2.24) is 5.32 Å². The van der Waals surface area contributed by atoms with Gasteiger partial charge >= 0.3 is 5.97 Å². The molecule has 0 aliphatic rings. The van der Waals surface area contributed by atoms with Crippen molar-refractivity contribution in [3.05, 3.63) is 35.9 Å². The summed E-state index contributed by atoms with van der Waals surface area (Å²) in [5, 5.41) is 13.8. The van der Waals surface area contributed by atoms with Crippen molar-refractivity contribution >= 4 is 5.97 Å². The first-order valence-electron chi connectivity index (χ1n) is 8.87. The molecule has 2 atom stereocenters. The molecule has 136 valence electrons. The lowest BCUT2D eigenvalue weighted by Crippen LogP contribution is -2.50. The summed E-state index contributed by atoms with van der Waals surface area (Å²) in [6, 6.07) is 10.6. The van der Waals surface area contributed by atoms with Crippen LogP contribution >= 0.6 is 0 Å². The highest BCUT2D eigenvalue weighted by Gasteiger charge is 2.35. The molecule has 2 N–H and O–H groups in total. The lowest BCUT2D eigenvalue weighted by Gasteiger charge is -2.29. The Balaban J connectivity index is 2.53. The van der Waals surface area contributed by atoms with Gasteiger partial charge in [-0.2, -0.15) is 0 Å². The van der Waals surface area contributed by atoms with Gasteiger partial charge in [-0.1, -0.05) is 43.7 Å². The second-order valence-corrected chi connectivity index (χ2v) is 7.67. The van der Waals surface area contributed by atoms with Gasteiger partial charge in [-0.05, 0) is 52.5 Å². The van der Waals surface area contributed by atoms with Crippen molar-refractivity contribution in [3.8, 4) is 0 Å². The average Bonchev–Trinajstić information content (AvgIpc) is 2.49. The molecule has 0 spiro atoms. The molecule has 0 aliphatic heterocycles. The molecular formula is C20H33NO3. The van der Waals surface area contributed by atoms with Crippen molar-refractivity contribution in [1.29, 1.82) is 0 Å². The largest absolute Gasteiger partial charge is 0.458 e. The molecule has 0 aliphatic carbocycles. The van der Waals surface area contributed by atoms with Crippen LogP contribution in [0.3, 0.4) is 0 Å². The Hall–Kier alpha value is -1.39. The maximum Gasteiger partial charge on any atom is 0.339 e. The summed E-state index contributed by atoms with van der Waals surface area (Å²) in [6.45, 7) is 9.25. The number of ether oxygens (including phenoxy) is 1. The first-order valence-corrected chi connectivity index (χ1v) is 8.87. The van der Waals surface area contributed by atoms with Crippen molar-refractivity contribution in [2.45, 2.75) is 77.5 Å². The van der Waals surface area contributed by atoms with Crippen LogP contribution in [-0.2, 0) is 16.0 Å². The van der Waals surface area contributed by atoms with Crippen molar-refractivity contribution in [2.75, 3.05) is 6.54 Å². The van der Waals surface area contributed by atoms with Gasteiger partial charge in [0.1, 0.15) is 5.60 Å². The Morgan fingerprint density at radius 2 is 1.79 bits per heavy atom. The van der Waals surface area contributed by atoms with Crippen LogP contribution in [0.2, 0.25) is 0 Å². The zero-order valence-electron chi connectivity index (χ0n) is 15.8. The molecule has 1 aromatic carbocycles. The standard InChI is InChI=1S/C20H33NO3/c1-6-10-17(14-13-16-11-8-7-9-12-16)21-15-20(5,23)18(22)24-19(2,3)4/h7-9,11-12,17,21,23H,6,10,13-15H2,1-5H3/t17-,20+/m0/s1. The number of benzene rings is 1. The summed E-state index contributed by atoms with van der Waals surface area (Å²) in [4.78, 5) is 12.1. The number of nitrogens with one attached hydrogen (secondary N) is 1. The van der Waals surface area contributed by atoms with E-state index in [2.05, 4.69) is 24.4 Å². The molecule has 0 unspecified atom stereocenters. The van der Waals surface area contributed by atoms with Gasteiger partial charge in [0.25, 0.3) is 0 Å². The predicted molar refractivity (Wildman–Crippen MR) is 97.9 cm³/mol. The molecule has 4 nitrogen and oxygen atoms in total. The molecule has 1 aromatic rings. The fourth-order valence-electron chi connectivity index (χ4n) is 2.49. The quantitative estimate of drug-likeness (QED) is 0.679. The Labute approximate surface area is 146 Å². The summed E-state index contributed by atoms with van der Waals surface area (Å²) in [5.74, 6) is -0.583. The summed E-state index contributed by atoms with van der Waals surface area (Å²) in [5.41, 5.74) is -0.817. The molecule has 0 saturated heterocycles. The van der Waals surface area contributed by atoms with E-state index >= 15 is 0 Å². The minimum atomic E-state index is -1.52. The monoisotopic (exact) mass is 335 g/mol. The van der Waals surface area contributed by atoms with Crippen molar-refractivity contribution < 1.29 is 14.6 Å². The van der Waals surface area contributed by atoms with E-state index in [1.807, 2.05) is 18.2 Å². The summed E-state index contributed by atoms with van der Waals surface area (Å²) in [7, 11) is 0. The van der Waals surface area contributed by atoms with Crippen LogP contribution in [0.5, 0.6) is 0 Å². The smallest absolute Gasteiger partial charge is 0.339 e. The Morgan fingerprint density at radius 3 is 2.33 bits per heavy atom. The highest BCUT2D eigenvalue weighted by molar-refractivity contribution is 5.79. The average molecular weight is 335 g/mol. The maximum absolute atomic E-state index is 12.1. The van der Waals surface area contributed by atoms with E-state index in [1.165, 1.54) is 12.5 Å². The summed E-state index contributed by atoms with van der Waals surface area (Å²) in [6.07, 6.45) is 4.02. The van der Waals surface area contributed by atoms with E-state index in [0.717, 1.165) is 25.7 Å². The van der Waals surface area contributed by atoms with E-state index in [1.54, 1.807) is 20.8 Å². The van der Waals surface area contributed by atoms with Gasteiger partial charge in [-0.15, -0.1) is 0 Å². The number of carbonyl (C=O) groups excluding carboxylic acids is 1. The van der Waals surface area contributed by atoms with Gasteiger partial charge in [-0.3, -0.25) is 0 Å². The third kappa shape index (κ3) is 7.93. The summed E-state index contributed by atoms with van der Waals surface area (Å²) >= 11 is 0. The number of hydrogen-bond donors (Lipinski definition) is 2. The number of rotatable bonds is 9. The minimum Gasteiger partial charge on any atom is -0.458 e. The molecule has 4 heteroatoms. The molecule has 0 saturated carbocycles. The van der Waals surface area contributed by atoms with Crippen LogP contribution in [0.25, 0.3) is 0 Å². The Kier molecular flexibility index (Phi) is 7.91. The number of esters is 1. The lowest BCUT2D eigenvalue weighted by atomic mass is 10.00. The highest BCUT2D eigenvalue weighted by Crippen LogP contribution is 2.15. The van der Waals surface area contributed by atoms with Gasteiger partial charge in [0.2, 0.25) is 0 Å². The van der Waals surface area contributed by atoms with Crippen LogP contribution in [0.15, 0.2) is 30.3 Å². The Morgan fingerprint density at radius 1 is 1.17 bits per heavy atom. The van der Waals surface area contributed by atoms with Gasteiger partial charge in [-0.25, -0.2) is 4.79 Å². The van der Waals surface area contributed by atoms with Crippen molar-refractivity contribution in [2.24, 2.45) is 0 Å². The number of aliphatic hydroxyl groups is 1. The van der Waals surface area contributed by atoms with E-state index in [9.17, 15) is 9.90 Å². The SMILES string of the molecule is CCC[C@@H](CCc1ccccc1)NC[C@@](C)(O)C(=O)OC(C)(C)C. The first kappa shape index (κ1) is 20.7. The topological polar surface area (TPSA) is 58.6 Å². The first-order chi connectivity index (χ1) is 11.1. The second kappa shape index (κ2) is 9.19. The predicted octanol–water partition coefficient (Wildman–Crippen LogP) is 3.47. The molecular weight excluding hydrogens is 302 g/mol.